The van der Waals surface area contributed by atoms with Gasteiger partial charge in [0.25, 0.3) is 5.92 Å². The second-order valence-corrected chi connectivity index (χ2v) is 6.40. The van der Waals surface area contributed by atoms with E-state index in [0.29, 0.717) is 19.6 Å². The third kappa shape index (κ3) is 3.66. The second kappa shape index (κ2) is 6.75. The van der Waals surface area contributed by atoms with E-state index in [-0.39, 0.29) is 12.3 Å². The molecule has 0 radical (unpaired) electrons. The molecule has 2 saturated heterocycles. The van der Waals surface area contributed by atoms with Crippen molar-refractivity contribution >= 4 is 5.91 Å². The number of piperidine rings is 1. The van der Waals surface area contributed by atoms with Gasteiger partial charge in [0.2, 0.25) is 5.91 Å². The van der Waals surface area contributed by atoms with Crippen LogP contribution in [0.15, 0.2) is 35.4 Å². The van der Waals surface area contributed by atoms with Gasteiger partial charge in [0.15, 0.2) is 0 Å². The summed E-state index contributed by atoms with van der Waals surface area (Å²) in [7, 11) is 0. The summed E-state index contributed by atoms with van der Waals surface area (Å²) in [5, 5.41) is 3.75. The van der Waals surface area contributed by atoms with Crippen molar-refractivity contribution in [2.24, 2.45) is 5.11 Å². The van der Waals surface area contributed by atoms with Gasteiger partial charge < -0.3 is 4.90 Å². The number of carbonyl (C=O) groups excluding carboxylic acids is 1. The number of halogens is 2. The van der Waals surface area contributed by atoms with Gasteiger partial charge in [-0.05, 0) is 11.1 Å². The Balaban J connectivity index is 1.75. The number of rotatable bonds is 4. The normalized spacial score (nSPS) is 27.1. The molecule has 0 spiro atoms. The van der Waals surface area contributed by atoms with Crippen molar-refractivity contribution < 1.29 is 13.6 Å². The zero-order chi connectivity index (χ0) is 17.2. The first-order valence-corrected chi connectivity index (χ1v) is 7.96. The number of azide groups is 1. The number of hydrogen-bond acceptors (Lipinski definition) is 3. The molecular weight excluding hydrogens is 316 g/mol. The van der Waals surface area contributed by atoms with Gasteiger partial charge in [-0.2, -0.15) is 0 Å². The zero-order valence-corrected chi connectivity index (χ0v) is 13.2. The Hall–Kier alpha value is -2.18. The molecule has 1 unspecified atom stereocenters. The Morgan fingerprint density at radius 3 is 2.75 bits per heavy atom. The lowest BCUT2D eigenvalue weighted by molar-refractivity contribution is -0.150. The molecule has 2 aliphatic heterocycles. The summed E-state index contributed by atoms with van der Waals surface area (Å²) in [6.07, 6.45) is -0.569. The van der Waals surface area contributed by atoms with E-state index in [4.69, 9.17) is 5.53 Å². The maximum atomic E-state index is 13.7. The lowest BCUT2D eigenvalue weighted by Gasteiger charge is -2.37. The molecule has 0 aromatic heterocycles. The highest BCUT2D eigenvalue weighted by molar-refractivity contribution is 5.77. The smallest absolute Gasteiger partial charge is 0.265 e. The van der Waals surface area contributed by atoms with E-state index in [1.165, 1.54) is 4.90 Å². The molecule has 0 aliphatic carbocycles. The predicted molar refractivity (Wildman–Crippen MR) is 84.3 cm³/mol. The largest absolute Gasteiger partial charge is 0.332 e. The van der Waals surface area contributed by atoms with Crippen LogP contribution in [0.3, 0.4) is 0 Å². The Bertz CT molecular complexity index is 647. The van der Waals surface area contributed by atoms with Gasteiger partial charge in [-0.3, -0.25) is 9.69 Å². The second-order valence-electron chi connectivity index (χ2n) is 6.40. The van der Waals surface area contributed by atoms with Crippen LogP contribution in [-0.2, 0) is 11.3 Å². The zero-order valence-electron chi connectivity index (χ0n) is 13.2. The fourth-order valence-electron chi connectivity index (χ4n) is 3.46. The molecule has 0 N–H and O–H groups in total. The minimum atomic E-state index is -2.87. The van der Waals surface area contributed by atoms with Gasteiger partial charge >= 0.3 is 0 Å². The summed E-state index contributed by atoms with van der Waals surface area (Å²) >= 11 is 0. The fourth-order valence-corrected chi connectivity index (χ4v) is 3.46. The van der Waals surface area contributed by atoms with Crippen LogP contribution < -0.4 is 0 Å². The Labute approximate surface area is 138 Å². The van der Waals surface area contributed by atoms with E-state index in [9.17, 15) is 13.6 Å². The van der Waals surface area contributed by atoms with Crippen LogP contribution in [0.1, 0.15) is 18.4 Å². The Kier molecular flexibility index (Phi) is 4.69. The highest BCUT2D eigenvalue weighted by Crippen LogP contribution is 2.31. The van der Waals surface area contributed by atoms with Crippen molar-refractivity contribution in [1.82, 2.24) is 9.80 Å². The molecule has 2 aliphatic rings. The number of nitrogens with zero attached hydrogens (tertiary/aromatic N) is 5. The summed E-state index contributed by atoms with van der Waals surface area (Å²) < 4.78 is 27.5. The van der Waals surface area contributed by atoms with Gasteiger partial charge in [0.1, 0.15) is 0 Å². The highest BCUT2D eigenvalue weighted by Gasteiger charge is 2.46. The first-order chi connectivity index (χ1) is 11.5. The summed E-state index contributed by atoms with van der Waals surface area (Å²) in [6.45, 7) is 0.930. The summed E-state index contributed by atoms with van der Waals surface area (Å²) in [6, 6.07) is 8.75. The Morgan fingerprint density at radius 2 is 2.04 bits per heavy atom. The standard InChI is InChI=1S/C16H19F2N5O/c17-16(18)7-6-15(24)23(11-16)14-10-22(9-13(14)20-21-19)8-12-4-2-1-3-5-12/h1-5,13-14H,6-11H2/t13?,14-/m0/s1. The molecule has 8 heteroatoms. The first kappa shape index (κ1) is 16.7. The number of amides is 1. The topological polar surface area (TPSA) is 72.3 Å². The molecule has 6 nitrogen and oxygen atoms in total. The van der Waals surface area contributed by atoms with Gasteiger partial charge in [0, 0.05) is 37.4 Å². The van der Waals surface area contributed by atoms with Crippen LogP contribution in [-0.4, -0.2) is 53.3 Å². The molecule has 2 heterocycles. The third-order valence-electron chi connectivity index (χ3n) is 4.61. The van der Waals surface area contributed by atoms with Gasteiger partial charge in [-0.1, -0.05) is 35.4 Å². The lowest BCUT2D eigenvalue weighted by atomic mass is 10.0. The predicted octanol–water partition coefficient (Wildman–Crippen LogP) is 2.81. The number of alkyl halides is 2. The molecule has 2 atom stereocenters. The fraction of sp³-hybridized carbons (Fsp3) is 0.562. The average molecular weight is 335 g/mol. The van der Waals surface area contributed by atoms with E-state index in [1.54, 1.807) is 0 Å². The van der Waals surface area contributed by atoms with E-state index < -0.39 is 31.0 Å². The highest BCUT2D eigenvalue weighted by atomic mass is 19.3. The van der Waals surface area contributed by atoms with Crippen molar-refractivity contribution in [1.29, 1.82) is 0 Å². The maximum absolute atomic E-state index is 13.7. The molecule has 128 valence electrons. The van der Waals surface area contributed by atoms with Gasteiger partial charge in [-0.15, -0.1) is 0 Å². The maximum Gasteiger partial charge on any atom is 0.265 e. The lowest BCUT2D eigenvalue weighted by Crippen LogP contribution is -2.54. The number of benzene rings is 1. The first-order valence-electron chi connectivity index (χ1n) is 7.96. The van der Waals surface area contributed by atoms with Crippen LogP contribution in [0.4, 0.5) is 8.78 Å². The number of carbonyl (C=O) groups is 1. The summed E-state index contributed by atoms with van der Waals surface area (Å²) in [5.74, 6) is -3.16. The van der Waals surface area contributed by atoms with Crippen molar-refractivity contribution in [3.8, 4) is 0 Å². The van der Waals surface area contributed by atoms with Crippen molar-refractivity contribution in [3.05, 3.63) is 46.3 Å². The van der Waals surface area contributed by atoms with E-state index in [1.807, 2.05) is 35.2 Å². The van der Waals surface area contributed by atoms with Crippen LogP contribution >= 0.6 is 0 Å². The van der Waals surface area contributed by atoms with Gasteiger partial charge in [-0.25, -0.2) is 8.78 Å². The molecule has 1 aromatic rings. The molecule has 0 bridgehead atoms. The van der Waals surface area contributed by atoms with E-state index >= 15 is 0 Å². The van der Waals surface area contributed by atoms with Crippen LogP contribution in [0, 0.1) is 0 Å². The third-order valence-corrected chi connectivity index (χ3v) is 4.61. The Morgan fingerprint density at radius 1 is 1.29 bits per heavy atom. The monoisotopic (exact) mass is 335 g/mol. The van der Waals surface area contributed by atoms with Crippen molar-refractivity contribution in [2.75, 3.05) is 19.6 Å². The number of likely N-dealkylation sites (tertiary alicyclic amines) is 2. The molecule has 24 heavy (non-hydrogen) atoms. The molecular formula is C16H19F2N5O. The molecule has 1 amide bonds. The van der Waals surface area contributed by atoms with Crippen molar-refractivity contribution in [2.45, 2.75) is 37.4 Å². The molecule has 0 saturated carbocycles. The SMILES string of the molecule is [N-]=[N+]=NC1CN(Cc2ccccc2)C[C@@H]1N1CC(F)(F)CCC1=O. The molecule has 3 rings (SSSR count). The number of hydrogen-bond donors (Lipinski definition) is 0. The quantitative estimate of drug-likeness (QED) is 0.482. The van der Waals surface area contributed by atoms with Crippen LogP contribution in [0.2, 0.25) is 0 Å². The molecule has 2 fully saturated rings. The minimum Gasteiger partial charge on any atom is -0.332 e. The van der Waals surface area contributed by atoms with E-state index in [0.717, 1.165) is 5.56 Å². The van der Waals surface area contributed by atoms with Crippen molar-refractivity contribution in [3.63, 3.8) is 0 Å². The van der Waals surface area contributed by atoms with Crippen LogP contribution in [0.5, 0.6) is 0 Å². The van der Waals surface area contributed by atoms with Crippen LogP contribution in [0.25, 0.3) is 10.4 Å². The molecule has 1 aromatic carbocycles. The summed E-state index contributed by atoms with van der Waals surface area (Å²) in [4.78, 5) is 18.2. The van der Waals surface area contributed by atoms with Gasteiger partial charge in [0.05, 0.1) is 18.6 Å². The van der Waals surface area contributed by atoms with E-state index in [2.05, 4.69) is 10.0 Å². The minimum absolute atomic E-state index is 0.162. The summed E-state index contributed by atoms with van der Waals surface area (Å²) in [5.41, 5.74) is 9.87. The average Bonchev–Trinajstić information content (AvgIpc) is 2.93.